The molecule has 17 heavy (non-hydrogen) atoms. The zero-order chi connectivity index (χ0) is 12.1. The topological polar surface area (TPSA) is 59.3 Å². The van der Waals surface area contributed by atoms with Crippen molar-refractivity contribution in [1.29, 1.82) is 0 Å². The van der Waals surface area contributed by atoms with Gasteiger partial charge in [0.05, 0.1) is 0 Å². The first kappa shape index (κ1) is 12.0. The molecule has 0 aliphatic rings. The molecule has 0 spiro atoms. The van der Waals surface area contributed by atoms with Gasteiger partial charge in [0, 0.05) is 30.9 Å². The van der Waals surface area contributed by atoms with E-state index in [0.717, 1.165) is 11.5 Å². The maximum absolute atomic E-state index is 11.3. The third kappa shape index (κ3) is 3.03. The number of nitrogens with zero attached hydrogens (tertiary/aromatic N) is 3. The van der Waals surface area contributed by atoms with Gasteiger partial charge in [0.15, 0.2) is 5.65 Å². The average Bonchev–Trinajstić information content (AvgIpc) is 2.73. The average molecular weight is 297 g/mol. The molecule has 1 amide bonds. The van der Waals surface area contributed by atoms with E-state index in [0.29, 0.717) is 24.7 Å². The molecule has 0 unspecified atom stereocenters. The first-order valence-electron chi connectivity index (χ1n) is 5.42. The molecule has 1 N–H and O–H groups in total. The number of carbonyl (C=O) groups excluding carboxylic acids is 1. The van der Waals surface area contributed by atoms with Gasteiger partial charge in [-0.25, -0.2) is 0 Å². The smallest absolute Gasteiger partial charge is 0.220 e. The van der Waals surface area contributed by atoms with Gasteiger partial charge in [0.25, 0.3) is 0 Å². The third-order valence-electron chi connectivity index (χ3n) is 2.38. The Labute approximate surface area is 107 Å². The minimum atomic E-state index is 0.0516. The molecule has 0 saturated heterocycles. The van der Waals surface area contributed by atoms with Crippen LogP contribution >= 0.6 is 15.9 Å². The van der Waals surface area contributed by atoms with Crippen LogP contribution in [-0.4, -0.2) is 32.4 Å². The Hall–Kier alpha value is -1.43. The van der Waals surface area contributed by atoms with Gasteiger partial charge in [-0.15, -0.1) is 10.2 Å². The number of hydrogen-bond acceptors (Lipinski definition) is 3. The molecule has 0 radical (unpaired) electrons. The number of carbonyl (C=O) groups is 1. The number of hydrogen-bond donors (Lipinski definition) is 1. The fraction of sp³-hybridized carbons (Fsp3) is 0.364. The normalized spacial score (nSPS) is 10.6. The van der Waals surface area contributed by atoms with Gasteiger partial charge in [0.1, 0.15) is 5.82 Å². The lowest BCUT2D eigenvalue weighted by atomic mass is 10.3. The number of halogens is 1. The highest BCUT2D eigenvalue weighted by atomic mass is 79.9. The predicted molar refractivity (Wildman–Crippen MR) is 68.1 cm³/mol. The molecule has 2 aromatic rings. The lowest BCUT2D eigenvalue weighted by molar-refractivity contribution is -0.120. The van der Waals surface area contributed by atoms with E-state index in [-0.39, 0.29) is 5.91 Å². The van der Waals surface area contributed by atoms with Crippen LogP contribution in [0.2, 0.25) is 0 Å². The van der Waals surface area contributed by atoms with E-state index < -0.39 is 0 Å². The monoisotopic (exact) mass is 296 g/mol. The molecular weight excluding hydrogens is 284 g/mol. The maximum atomic E-state index is 11.3. The van der Waals surface area contributed by atoms with Crippen LogP contribution in [0.25, 0.3) is 5.65 Å². The third-order valence-corrected chi connectivity index (χ3v) is 2.77. The molecule has 5 nitrogen and oxygen atoms in total. The standard InChI is InChI=1S/C11H13BrN4O/c12-6-4-11(17)13-7-5-10-15-14-9-3-1-2-8-16(9)10/h1-3,8H,4-7H2,(H,13,17). The van der Waals surface area contributed by atoms with Crippen molar-refractivity contribution in [2.45, 2.75) is 12.8 Å². The molecule has 2 aromatic heterocycles. The summed E-state index contributed by atoms with van der Waals surface area (Å²) in [5.41, 5.74) is 0.828. The maximum Gasteiger partial charge on any atom is 0.220 e. The van der Waals surface area contributed by atoms with E-state index in [1.807, 2.05) is 28.8 Å². The van der Waals surface area contributed by atoms with Gasteiger partial charge < -0.3 is 5.32 Å². The van der Waals surface area contributed by atoms with Crippen molar-refractivity contribution in [2.24, 2.45) is 0 Å². The zero-order valence-electron chi connectivity index (χ0n) is 9.27. The van der Waals surface area contributed by atoms with Crippen molar-refractivity contribution in [3.8, 4) is 0 Å². The van der Waals surface area contributed by atoms with Gasteiger partial charge >= 0.3 is 0 Å². The van der Waals surface area contributed by atoms with Gasteiger partial charge in [-0.1, -0.05) is 22.0 Å². The molecule has 2 heterocycles. The molecule has 0 fully saturated rings. The van der Waals surface area contributed by atoms with E-state index in [4.69, 9.17) is 0 Å². The van der Waals surface area contributed by atoms with Crippen molar-refractivity contribution in [3.05, 3.63) is 30.2 Å². The van der Waals surface area contributed by atoms with Crippen LogP contribution in [0.3, 0.4) is 0 Å². The highest BCUT2D eigenvalue weighted by molar-refractivity contribution is 9.09. The fourth-order valence-electron chi connectivity index (χ4n) is 1.55. The Morgan fingerprint density at radius 1 is 1.41 bits per heavy atom. The molecule has 0 atom stereocenters. The zero-order valence-corrected chi connectivity index (χ0v) is 10.9. The quantitative estimate of drug-likeness (QED) is 0.843. The van der Waals surface area contributed by atoms with E-state index in [2.05, 4.69) is 31.4 Å². The Morgan fingerprint density at radius 2 is 2.29 bits per heavy atom. The number of alkyl halides is 1. The van der Waals surface area contributed by atoms with E-state index in [1.54, 1.807) is 0 Å². The van der Waals surface area contributed by atoms with E-state index >= 15 is 0 Å². The van der Waals surface area contributed by atoms with Gasteiger partial charge in [-0.3, -0.25) is 9.20 Å². The summed E-state index contributed by atoms with van der Waals surface area (Å²) in [5, 5.41) is 11.7. The summed E-state index contributed by atoms with van der Waals surface area (Å²) in [4.78, 5) is 11.3. The van der Waals surface area contributed by atoms with Gasteiger partial charge in [-0.2, -0.15) is 0 Å². The van der Waals surface area contributed by atoms with Crippen molar-refractivity contribution < 1.29 is 4.79 Å². The van der Waals surface area contributed by atoms with Crippen LogP contribution in [0.15, 0.2) is 24.4 Å². The van der Waals surface area contributed by atoms with Crippen LogP contribution in [0.1, 0.15) is 12.2 Å². The molecule has 0 aliphatic carbocycles. The number of pyridine rings is 1. The number of fused-ring (bicyclic) bond motifs is 1. The molecule has 0 bridgehead atoms. The second-order valence-corrected chi connectivity index (χ2v) is 4.38. The Morgan fingerprint density at radius 3 is 3.12 bits per heavy atom. The van der Waals surface area contributed by atoms with Crippen molar-refractivity contribution in [3.63, 3.8) is 0 Å². The van der Waals surface area contributed by atoms with Crippen LogP contribution in [0.5, 0.6) is 0 Å². The molecule has 2 rings (SSSR count). The van der Waals surface area contributed by atoms with Crippen molar-refractivity contribution in [1.82, 2.24) is 19.9 Å². The lowest BCUT2D eigenvalue weighted by Crippen LogP contribution is -2.26. The number of amides is 1. The van der Waals surface area contributed by atoms with Crippen LogP contribution in [-0.2, 0) is 11.2 Å². The summed E-state index contributed by atoms with van der Waals surface area (Å²) in [6.07, 6.45) is 3.10. The Kier molecular flexibility index (Phi) is 4.08. The number of aromatic nitrogens is 3. The molecule has 0 saturated carbocycles. The van der Waals surface area contributed by atoms with Crippen LogP contribution in [0.4, 0.5) is 0 Å². The Balaban J connectivity index is 1.93. The van der Waals surface area contributed by atoms with Crippen molar-refractivity contribution >= 4 is 27.5 Å². The lowest BCUT2D eigenvalue weighted by Gasteiger charge is -2.02. The van der Waals surface area contributed by atoms with Crippen LogP contribution < -0.4 is 5.32 Å². The predicted octanol–water partition coefficient (Wildman–Crippen LogP) is 1.17. The van der Waals surface area contributed by atoms with Crippen molar-refractivity contribution in [2.75, 3.05) is 11.9 Å². The SMILES string of the molecule is O=C(CCBr)NCCc1nnc2ccccn12. The fourth-order valence-corrected chi connectivity index (χ4v) is 1.91. The second-order valence-electron chi connectivity index (χ2n) is 3.58. The summed E-state index contributed by atoms with van der Waals surface area (Å²) in [5.74, 6) is 0.912. The first-order chi connectivity index (χ1) is 8.31. The molecule has 0 aliphatic heterocycles. The summed E-state index contributed by atoms with van der Waals surface area (Å²) in [6, 6.07) is 5.76. The summed E-state index contributed by atoms with van der Waals surface area (Å²) >= 11 is 3.23. The second kappa shape index (κ2) is 5.77. The molecular formula is C11H13BrN4O. The van der Waals surface area contributed by atoms with Gasteiger partial charge in [-0.05, 0) is 12.1 Å². The Bertz CT molecular complexity index is 511. The van der Waals surface area contributed by atoms with E-state index in [9.17, 15) is 4.79 Å². The molecule has 90 valence electrons. The van der Waals surface area contributed by atoms with E-state index in [1.165, 1.54) is 0 Å². The molecule has 6 heteroatoms. The summed E-state index contributed by atoms with van der Waals surface area (Å²) < 4.78 is 1.93. The summed E-state index contributed by atoms with van der Waals surface area (Å²) in [6.45, 7) is 0.585. The number of nitrogens with one attached hydrogen (secondary N) is 1. The largest absolute Gasteiger partial charge is 0.356 e. The summed E-state index contributed by atoms with van der Waals surface area (Å²) in [7, 11) is 0. The van der Waals surface area contributed by atoms with Gasteiger partial charge in [0.2, 0.25) is 5.91 Å². The highest BCUT2D eigenvalue weighted by Crippen LogP contribution is 2.02. The highest BCUT2D eigenvalue weighted by Gasteiger charge is 2.05. The first-order valence-corrected chi connectivity index (χ1v) is 6.54. The number of rotatable bonds is 5. The minimum absolute atomic E-state index is 0.0516. The van der Waals surface area contributed by atoms with Crippen LogP contribution in [0, 0.1) is 0 Å². The molecule has 0 aromatic carbocycles. The minimum Gasteiger partial charge on any atom is -0.356 e.